The molecule has 0 N–H and O–H groups in total. The first-order valence-electron chi connectivity index (χ1n) is 5.90. The Morgan fingerprint density at radius 3 is 2.74 bits per heavy atom. The molecule has 0 spiro atoms. The molecule has 19 heavy (non-hydrogen) atoms. The summed E-state index contributed by atoms with van der Waals surface area (Å²) in [6, 6.07) is 12.8. The summed E-state index contributed by atoms with van der Waals surface area (Å²) in [7, 11) is 0. The molecule has 3 rings (SSSR count). The lowest BCUT2D eigenvalue weighted by molar-refractivity contribution is 0.622. The summed E-state index contributed by atoms with van der Waals surface area (Å²) in [5.74, 6) is -0.461. The number of hydrogen-bond donors (Lipinski definition) is 0. The minimum absolute atomic E-state index is 0.120. The second kappa shape index (κ2) is 4.67. The van der Waals surface area contributed by atoms with Gasteiger partial charge in [0.2, 0.25) is 0 Å². The molecule has 0 saturated carbocycles. The van der Waals surface area contributed by atoms with E-state index in [-0.39, 0.29) is 5.56 Å². The fourth-order valence-corrected chi connectivity index (χ4v) is 2.83. The predicted octanol–water partition coefficient (Wildman–Crippen LogP) is 3.98. The summed E-state index contributed by atoms with van der Waals surface area (Å²) in [4.78, 5) is 2.03. The molecule has 0 atom stereocenters. The number of nitrogens with zero attached hydrogens (tertiary/aromatic N) is 2. The molecule has 0 fully saturated rings. The Bertz CT molecular complexity index is 691. The first kappa shape index (κ1) is 12.2. The number of hydrogen-bond acceptors (Lipinski definition) is 2. The van der Waals surface area contributed by atoms with Crippen LogP contribution in [0, 0.1) is 17.1 Å². The average molecular weight is 317 g/mol. The van der Waals surface area contributed by atoms with Crippen LogP contribution < -0.4 is 4.90 Å². The van der Waals surface area contributed by atoms with Gasteiger partial charge >= 0.3 is 0 Å². The molecule has 4 heteroatoms. The molecule has 2 nitrogen and oxygen atoms in total. The second-order valence-electron chi connectivity index (χ2n) is 4.51. The summed E-state index contributed by atoms with van der Waals surface area (Å²) in [6.45, 7) is 1.41. The Morgan fingerprint density at radius 2 is 1.95 bits per heavy atom. The number of nitriles is 1. The molecule has 0 unspecified atom stereocenters. The van der Waals surface area contributed by atoms with Gasteiger partial charge in [-0.25, -0.2) is 4.39 Å². The molecule has 2 aromatic rings. The number of anilines is 1. The quantitative estimate of drug-likeness (QED) is 0.795. The zero-order valence-corrected chi connectivity index (χ0v) is 11.6. The van der Waals surface area contributed by atoms with E-state index in [2.05, 4.69) is 28.1 Å². The Hall–Kier alpha value is -1.86. The molecule has 0 aromatic heterocycles. The molecule has 1 aliphatic heterocycles. The van der Waals surface area contributed by atoms with Crippen LogP contribution in [0.1, 0.15) is 16.7 Å². The maximum absolute atomic E-state index is 13.6. The molecular formula is C15H10BrFN2. The Kier molecular flexibility index (Phi) is 3.00. The van der Waals surface area contributed by atoms with Crippen molar-refractivity contribution < 1.29 is 4.39 Å². The van der Waals surface area contributed by atoms with Crippen LogP contribution in [0.5, 0.6) is 0 Å². The standard InChI is InChI=1S/C15H10BrFN2/c16-12-5-4-10-8-19(9-11(10)6-12)15-3-1-2-14(17)13(15)7-18/h1-6H,8-9H2. The van der Waals surface area contributed by atoms with Gasteiger partial charge in [0.15, 0.2) is 0 Å². The summed E-state index contributed by atoms with van der Waals surface area (Å²) in [5.41, 5.74) is 3.21. The molecule has 1 aliphatic rings. The smallest absolute Gasteiger partial charge is 0.143 e. The van der Waals surface area contributed by atoms with Gasteiger partial charge in [-0.3, -0.25) is 0 Å². The van der Waals surface area contributed by atoms with E-state index in [4.69, 9.17) is 5.26 Å². The van der Waals surface area contributed by atoms with Crippen LogP contribution in [-0.4, -0.2) is 0 Å². The normalized spacial score (nSPS) is 13.2. The van der Waals surface area contributed by atoms with Gasteiger partial charge in [0, 0.05) is 17.6 Å². The minimum Gasteiger partial charge on any atom is -0.362 e. The fourth-order valence-electron chi connectivity index (χ4n) is 2.42. The zero-order chi connectivity index (χ0) is 13.4. The molecule has 94 valence electrons. The van der Waals surface area contributed by atoms with Crippen molar-refractivity contribution >= 4 is 21.6 Å². The summed E-state index contributed by atoms with van der Waals surface area (Å²) < 4.78 is 14.7. The van der Waals surface area contributed by atoms with Crippen molar-refractivity contribution in [2.45, 2.75) is 13.1 Å². The molecule has 0 bridgehead atoms. The monoisotopic (exact) mass is 316 g/mol. The van der Waals surface area contributed by atoms with Gasteiger partial charge in [0.05, 0.1) is 5.69 Å². The second-order valence-corrected chi connectivity index (χ2v) is 5.43. The van der Waals surface area contributed by atoms with E-state index in [1.165, 1.54) is 17.2 Å². The zero-order valence-electron chi connectivity index (χ0n) is 10.0. The maximum atomic E-state index is 13.6. The van der Waals surface area contributed by atoms with Crippen LogP contribution in [0.15, 0.2) is 40.9 Å². The Labute approximate surface area is 119 Å². The van der Waals surface area contributed by atoms with Gasteiger partial charge in [-0.05, 0) is 35.4 Å². The lowest BCUT2D eigenvalue weighted by atomic mass is 10.1. The molecule has 0 radical (unpaired) electrons. The highest BCUT2D eigenvalue weighted by molar-refractivity contribution is 9.10. The fraction of sp³-hybridized carbons (Fsp3) is 0.133. The van der Waals surface area contributed by atoms with Crippen LogP contribution in [0.25, 0.3) is 0 Å². The van der Waals surface area contributed by atoms with Gasteiger partial charge in [0.1, 0.15) is 17.4 Å². The van der Waals surface area contributed by atoms with E-state index in [1.54, 1.807) is 12.1 Å². The van der Waals surface area contributed by atoms with Crippen molar-refractivity contribution in [3.8, 4) is 6.07 Å². The lowest BCUT2D eigenvalue weighted by Crippen LogP contribution is -2.16. The molecule has 1 heterocycles. The van der Waals surface area contributed by atoms with Crippen LogP contribution in [0.4, 0.5) is 10.1 Å². The largest absolute Gasteiger partial charge is 0.362 e. The Balaban J connectivity index is 2.00. The van der Waals surface area contributed by atoms with Crippen molar-refractivity contribution in [3.63, 3.8) is 0 Å². The van der Waals surface area contributed by atoms with Crippen molar-refractivity contribution in [1.29, 1.82) is 5.26 Å². The minimum atomic E-state index is -0.461. The van der Waals surface area contributed by atoms with E-state index >= 15 is 0 Å². The van der Waals surface area contributed by atoms with Crippen LogP contribution in [-0.2, 0) is 13.1 Å². The van der Waals surface area contributed by atoms with E-state index in [0.29, 0.717) is 18.8 Å². The summed E-state index contributed by atoms with van der Waals surface area (Å²) in [6.07, 6.45) is 0. The summed E-state index contributed by atoms with van der Waals surface area (Å²) in [5, 5.41) is 9.10. The highest BCUT2D eigenvalue weighted by Gasteiger charge is 2.22. The SMILES string of the molecule is N#Cc1c(F)cccc1N1Cc2ccc(Br)cc2C1. The van der Waals surface area contributed by atoms with E-state index in [1.807, 2.05) is 17.0 Å². The van der Waals surface area contributed by atoms with Crippen molar-refractivity contribution in [2.75, 3.05) is 4.90 Å². The molecule has 2 aromatic carbocycles. The maximum Gasteiger partial charge on any atom is 0.143 e. The molecule has 0 aliphatic carbocycles. The number of benzene rings is 2. The van der Waals surface area contributed by atoms with Gasteiger partial charge in [-0.1, -0.05) is 28.1 Å². The molecular weight excluding hydrogens is 307 g/mol. The Morgan fingerprint density at radius 1 is 1.16 bits per heavy atom. The van der Waals surface area contributed by atoms with Gasteiger partial charge in [0.25, 0.3) is 0 Å². The van der Waals surface area contributed by atoms with Crippen LogP contribution >= 0.6 is 15.9 Å². The molecule has 0 saturated heterocycles. The van der Waals surface area contributed by atoms with Crippen molar-refractivity contribution in [3.05, 3.63) is 63.4 Å². The van der Waals surface area contributed by atoms with E-state index in [9.17, 15) is 4.39 Å². The van der Waals surface area contributed by atoms with Crippen LogP contribution in [0.3, 0.4) is 0 Å². The first-order chi connectivity index (χ1) is 9.19. The van der Waals surface area contributed by atoms with Crippen molar-refractivity contribution in [2.24, 2.45) is 0 Å². The highest BCUT2D eigenvalue weighted by Crippen LogP contribution is 2.32. The predicted molar refractivity (Wildman–Crippen MR) is 75.1 cm³/mol. The van der Waals surface area contributed by atoms with Gasteiger partial charge < -0.3 is 4.90 Å². The van der Waals surface area contributed by atoms with Crippen LogP contribution in [0.2, 0.25) is 0 Å². The van der Waals surface area contributed by atoms with Crippen molar-refractivity contribution in [1.82, 2.24) is 0 Å². The van der Waals surface area contributed by atoms with Gasteiger partial charge in [-0.15, -0.1) is 0 Å². The van der Waals surface area contributed by atoms with E-state index in [0.717, 1.165) is 4.47 Å². The number of fused-ring (bicyclic) bond motifs is 1. The third-order valence-electron chi connectivity index (χ3n) is 3.33. The third kappa shape index (κ3) is 2.11. The molecule has 0 amide bonds. The summed E-state index contributed by atoms with van der Waals surface area (Å²) >= 11 is 3.45. The van der Waals surface area contributed by atoms with Gasteiger partial charge in [-0.2, -0.15) is 5.26 Å². The average Bonchev–Trinajstić information content (AvgIpc) is 2.81. The number of rotatable bonds is 1. The number of halogens is 2. The third-order valence-corrected chi connectivity index (χ3v) is 3.83. The topological polar surface area (TPSA) is 27.0 Å². The highest BCUT2D eigenvalue weighted by atomic mass is 79.9. The first-order valence-corrected chi connectivity index (χ1v) is 6.69. The van der Waals surface area contributed by atoms with E-state index < -0.39 is 5.82 Å². The lowest BCUT2D eigenvalue weighted by Gasteiger charge is -2.19.